The molecule has 1 aliphatic carbocycles. The highest BCUT2D eigenvalue weighted by molar-refractivity contribution is 5.95. The summed E-state index contributed by atoms with van der Waals surface area (Å²) in [6.45, 7) is 2.18. The highest BCUT2D eigenvalue weighted by atomic mass is 16.5. The van der Waals surface area contributed by atoms with E-state index in [9.17, 15) is 9.59 Å². The van der Waals surface area contributed by atoms with Crippen molar-refractivity contribution in [2.75, 3.05) is 40.4 Å². The minimum absolute atomic E-state index is 0.00759. The first kappa shape index (κ1) is 19.3. The molecular weight excluding hydrogens is 372 g/mol. The normalized spacial score (nSPS) is 18.9. The zero-order chi connectivity index (χ0) is 20.4. The quantitative estimate of drug-likeness (QED) is 0.844. The summed E-state index contributed by atoms with van der Waals surface area (Å²) < 4.78 is 10.5. The summed E-state index contributed by atoms with van der Waals surface area (Å²) in [5, 5.41) is 7.09. The molecule has 8 heteroatoms. The van der Waals surface area contributed by atoms with Crippen LogP contribution in [0.3, 0.4) is 0 Å². The van der Waals surface area contributed by atoms with Crippen molar-refractivity contribution >= 4 is 11.8 Å². The number of benzene rings is 1. The molecule has 0 spiro atoms. The maximum Gasteiger partial charge on any atom is 0.254 e. The smallest absolute Gasteiger partial charge is 0.254 e. The van der Waals surface area contributed by atoms with Crippen LogP contribution in [0.4, 0.5) is 0 Å². The number of carbonyl (C=O) groups is 2. The lowest BCUT2D eigenvalue weighted by Gasteiger charge is -2.37. The summed E-state index contributed by atoms with van der Waals surface area (Å²) in [6.07, 6.45) is 4.28. The molecule has 1 aromatic heterocycles. The Balaban J connectivity index is 1.35. The lowest BCUT2D eigenvalue weighted by atomic mass is 9.87. The second kappa shape index (κ2) is 8.14. The van der Waals surface area contributed by atoms with Crippen LogP contribution in [0.1, 0.15) is 28.0 Å². The Morgan fingerprint density at radius 1 is 1.07 bits per heavy atom. The highest BCUT2D eigenvalue weighted by Crippen LogP contribution is 2.29. The molecule has 2 amide bonds. The van der Waals surface area contributed by atoms with Crippen molar-refractivity contribution in [2.45, 2.75) is 19.3 Å². The van der Waals surface area contributed by atoms with Crippen molar-refractivity contribution in [2.24, 2.45) is 5.92 Å². The number of nitrogens with one attached hydrogen (secondary N) is 1. The van der Waals surface area contributed by atoms with Crippen molar-refractivity contribution in [3.05, 3.63) is 41.2 Å². The molecule has 1 fully saturated rings. The van der Waals surface area contributed by atoms with Crippen LogP contribution in [0.15, 0.2) is 24.4 Å². The second-order valence-corrected chi connectivity index (χ2v) is 7.50. The van der Waals surface area contributed by atoms with Gasteiger partial charge in [-0.25, -0.2) is 0 Å². The molecule has 1 N–H and O–H groups in total. The molecule has 0 saturated carbocycles. The van der Waals surface area contributed by atoms with E-state index in [2.05, 4.69) is 10.2 Å². The Bertz CT molecular complexity index is 902. The number of nitrogens with zero attached hydrogens (tertiary/aromatic N) is 3. The molecule has 2 aromatic rings. The molecule has 1 atom stereocenters. The summed E-state index contributed by atoms with van der Waals surface area (Å²) in [5.74, 6) is 1.26. The summed E-state index contributed by atoms with van der Waals surface area (Å²) in [4.78, 5) is 29.5. The third-order valence-corrected chi connectivity index (χ3v) is 5.87. The van der Waals surface area contributed by atoms with Gasteiger partial charge in [0.25, 0.3) is 5.91 Å². The maximum atomic E-state index is 12.9. The SMILES string of the molecule is COc1ccc(C(=O)N2CCN(C(=O)C3CCc4[nH]ncc4C3)CC2)cc1OC. The number of carbonyl (C=O) groups excluding carboxylic acids is 2. The average Bonchev–Trinajstić information content (AvgIpc) is 3.25. The number of amides is 2. The molecule has 1 aromatic carbocycles. The van der Waals surface area contributed by atoms with Crippen molar-refractivity contribution in [3.8, 4) is 11.5 Å². The fourth-order valence-corrected chi connectivity index (χ4v) is 4.17. The van der Waals surface area contributed by atoms with Crippen LogP contribution in [-0.4, -0.2) is 72.2 Å². The Morgan fingerprint density at radius 3 is 2.52 bits per heavy atom. The summed E-state index contributed by atoms with van der Waals surface area (Å²) in [5.41, 5.74) is 2.86. The third-order valence-electron chi connectivity index (χ3n) is 5.87. The van der Waals surface area contributed by atoms with E-state index in [1.807, 2.05) is 11.1 Å². The molecule has 2 heterocycles. The number of hydrogen-bond acceptors (Lipinski definition) is 5. The van der Waals surface area contributed by atoms with Crippen LogP contribution in [0.2, 0.25) is 0 Å². The van der Waals surface area contributed by atoms with Crippen LogP contribution in [0.5, 0.6) is 11.5 Å². The van der Waals surface area contributed by atoms with Gasteiger partial charge in [0.1, 0.15) is 0 Å². The number of fused-ring (bicyclic) bond motifs is 1. The predicted octanol–water partition coefficient (Wildman–Crippen LogP) is 1.52. The number of hydrogen-bond donors (Lipinski definition) is 1. The Labute approximate surface area is 169 Å². The molecule has 8 nitrogen and oxygen atoms in total. The van der Waals surface area contributed by atoms with Gasteiger partial charge in [0, 0.05) is 43.4 Å². The van der Waals surface area contributed by atoms with E-state index in [0.29, 0.717) is 43.2 Å². The number of rotatable bonds is 4. The van der Waals surface area contributed by atoms with Gasteiger partial charge < -0.3 is 19.3 Å². The molecule has 1 aliphatic heterocycles. The van der Waals surface area contributed by atoms with Gasteiger partial charge >= 0.3 is 0 Å². The number of methoxy groups -OCH3 is 2. The van der Waals surface area contributed by atoms with Crippen molar-refractivity contribution in [1.29, 1.82) is 0 Å². The van der Waals surface area contributed by atoms with Crippen molar-refractivity contribution in [1.82, 2.24) is 20.0 Å². The van der Waals surface area contributed by atoms with Crippen LogP contribution in [0.25, 0.3) is 0 Å². The summed E-state index contributed by atoms with van der Waals surface area (Å²) in [6, 6.07) is 5.17. The minimum atomic E-state index is -0.0567. The number of ether oxygens (including phenoxy) is 2. The fourth-order valence-electron chi connectivity index (χ4n) is 4.17. The van der Waals surface area contributed by atoms with Crippen LogP contribution < -0.4 is 9.47 Å². The van der Waals surface area contributed by atoms with E-state index in [1.54, 1.807) is 37.3 Å². The Morgan fingerprint density at radius 2 is 1.79 bits per heavy atom. The highest BCUT2D eigenvalue weighted by Gasteiger charge is 2.32. The van der Waals surface area contributed by atoms with Gasteiger partial charge in [-0.15, -0.1) is 0 Å². The van der Waals surface area contributed by atoms with E-state index in [0.717, 1.165) is 30.5 Å². The molecule has 154 valence electrons. The average molecular weight is 398 g/mol. The van der Waals surface area contributed by atoms with Gasteiger partial charge in [0.2, 0.25) is 5.91 Å². The third kappa shape index (κ3) is 3.79. The lowest BCUT2D eigenvalue weighted by Crippen LogP contribution is -2.52. The summed E-state index contributed by atoms with van der Waals surface area (Å²) in [7, 11) is 3.11. The number of aromatic amines is 1. The van der Waals surface area contributed by atoms with Gasteiger partial charge in [0.15, 0.2) is 11.5 Å². The Kier molecular flexibility index (Phi) is 5.42. The van der Waals surface area contributed by atoms with E-state index in [4.69, 9.17) is 9.47 Å². The van der Waals surface area contributed by atoms with Gasteiger partial charge in [-0.3, -0.25) is 14.7 Å². The van der Waals surface area contributed by atoms with Crippen molar-refractivity contribution in [3.63, 3.8) is 0 Å². The number of piperazine rings is 1. The topological polar surface area (TPSA) is 87.8 Å². The van der Waals surface area contributed by atoms with E-state index >= 15 is 0 Å². The number of H-pyrrole nitrogens is 1. The Hall–Kier alpha value is -3.03. The molecular formula is C21H26N4O4. The minimum Gasteiger partial charge on any atom is -0.493 e. The van der Waals surface area contributed by atoms with Crippen LogP contribution >= 0.6 is 0 Å². The largest absolute Gasteiger partial charge is 0.493 e. The molecule has 4 rings (SSSR count). The molecule has 1 saturated heterocycles. The maximum absolute atomic E-state index is 12.9. The van der Waals surface area contributed by atoms with Gasteiger partial charge in [-0.2, -0.15) is 5.10 Å². The fraction of sp³-hybridized carbons (Fsp3) is 0.476. The standard InChI is InChI=1S/C21H26N4O4/c1-28-18-6-4-15(12-19(18)29-2)21(27)25-9-7-24(8-10-25)20(26)14-3-5-17-16(11-14)13-22-23-17/h4,6,12-14H,3,5,7-11H2,1-2H3,(H,22,23). The molecule has 1 unspecified atom stereocenters. The molecule has 2 aliphatic rings. The summed E-state index contributed by atoms with van der Waals surface area (Å²) >= 11 is 0. The monoisotopic (exact) mass is 398 g/mol. The van der Waals surface area contributed by atoms with E-state index in [-0.39, 0.29) is 17.7 Å². The number of aromatic nitrogens is 2. The van der Waals surface area contributed by atoms with Crippen molar-refractivity contribution < 1.29 is 19.1 Å². The molecule has 0 bridgehead atoms. The van der Waals surface area contributed by atoms with Crippen LogP contribution in [-0.2, 0) is 17.6 Å². The van der Waals surface area contributed by atoms with Gasteiger partial charge in [0.05, 0.1) is 20.4 Å². The first-order valence-corrected chi connectivity index (χ1v) is 9.92. The molecule has 29 heavy (non-hydrogen) atoms. The predicted molar refractivity (Wildman–Crippen MR) is 106 cm³/mol. The molecule has 0 radical (unpaired) electrons. The first-order chi connectivity index (χ1) is 14.1. The van der Waals surface area contributed by atoms with Crippen LogP contribution in [0, 0.1) is 5.92 Å². The van der Waals surface area contributed by atoms with Gasteiger partial charge in [-0.05, 0) is 43.0 Å². The van der Waals surface area contributed by atoms with E-state index in [1.165, 1.54) is 0 Å². The van der Waals surface area contributed by atoms with Gasteiger partial charge in [-0.1, -0.05) is 0 Å². The zero-order valence-corrected chi connectivity index (χ0v) is 16.8. The second-order valence-electron chi connectivity index (χ2n) is 7.50. The lowest BCUT2D eigenvalue weighted by molar-refractivity contribution is -0.137. The number of aryl methyl sites for hydroxylation is 1. The van der Waals surface area contributed by atoms with E-state index < -0.39 is 0 Å². The first-order valence-electron chi connectivity index (χ1n) is 9.92. The zero-order valence-electron chi connectivity index (χ0n) is 16.8.